The van der Waals surface area contributed by atoms with Gasteiger partial charge in [-0.25, -0.2) is 0 Å². The second-order valence-electron chi connectivity index (χ2n) is 6.58. The molecule has 0 spiro atoms. The zero-order valence-corrected chi connectivity index (χ0v) is 18.9. The highest BCUT2D eigenvalue weighted by atomic mass is 79.9. The highest BCUT2D eigenvalue weighted by Crippen LogP contribution is 2.26. The predicted molar refractivity (Wildman–Crippen MR) is 123 cm³/mol. The predicted octanol–water partition coefficient (Wildman–Crippen LogP) is 4.50. The van der Waals surface area contributed by atoms with E-state index < -0.39 is 0 Å². The van der Waals surface area contributed by atoms with Crippen LogP contribution in [0.5, 0.6) is 5.75 Å². The minimum atomic E-state index is -0.366. The van der Waals surface area contributed by atoms with Crippen molar-refractivity contribution in [3.63, 3.8) is 0 Å². The molecule has 3 N–H and O–H groups in total. The second-order valence-corrected chi connectivity index (χ2v) is 7.84. The molecular weight excluding hydrogens is 454 g/mol. The molecule has 0 aliphatic carbocycles. The first-order chi connectivity index (χ1) is 13.8. The standard InChI is InChI=1S/C21H24BrN3O3S/c1-4-11-28-18-10-9-14(12-16(18)22)19(26)25-21(29)24-17-8-6-5-7-15(17)20(27)23-13(2)3/h5-10,12-13H,4,11H2,1-3H3,(H,23,27)(H2,24,25,26,29). The smallest absolute Gasteiger partial charge is 0.257 e. The summed E-state index contributed by atoms with van der Waals surface area (Å²) in [6.45, 7) is 6.39. The van der Waals surface area contributed by atoms with Gasteiger partial charge in [0.1, 0.15) is 5.75 Å². The molecule has 0 bridgehead atoms. The van der Waals surface area contributed by atoms with Crippen LogP contribution in [0.1, 0.15) is 47.9 Å². The molecule has 154 valence electrons. The largest absolute Gasteiger partial charge is 0.492 e. The zero-order chi connectivity index (χ0) is 21.4. The number of anilines is 1. The molecule has 0 aromatic heterocycles. The van der Waals surface area contributed by atoms with Crippen molar-refractivity contribution in [3.05, 3.63) is 58.1 Å². The molecule has 0 atom stereocenters. The molecule has 0 aliphatic rings. The normalized spacial score (nSPS) is 10.4. The van der Waals surface area contributed by atoms with Crippen LogP contribution in [0.2, 0.25) is 0 Å². The van der Waals surface area contributed by atoms with Gasteiger partial charge in [0.2, 0.25) is 0 Å². The molecule has 0 saturated heterocycles. The quantitative estimate of drug-likeness (QED) is 0.511. The van der Waals surface area contributed by atoms with E-state index in [1.807, 2.05) is 20.8 Å². The summed E-state index contributed by atoms with van der Waals surface area (Å²) in [5, 5.41) is 8.49. The number of hydrogen-bond acceptors (Lipinski definition) is 4. The fraction of sp³-hybridized carbons (Fsp3) is 0.286. The number of thiocarbonyl (C=S) groups is 1. The summed E-state index contributed by atoms with van der Waals surface area (Å²) in [5.41, 5.74) is 1.38. The number of nitrogens with one attached hydrogen (secondary N) is 3. The lowest BCUT2D eigenvalue weighted by molar-refractivity contribution is 0.0942. The third kappa shape index (κ3) is 6.83. The van der Waals surface area contributed by atoms with Gasteiger partial charge in [-0.3, -0.25) is 14.9 Å². The average molecular weight is 478 g/mol. The molecular formula is C21H24BrN3O3S. The van der Waals surface area contributed by atoms with Gasteiger partial charge in [0.15, 0.2) is 5.11 Å². The van der Waals surface area contributed by atoms with Crippen molar-refractivity contribution in [2.24, 2.45) is 0 Å². The van der Waals surface area contributed by atoms with Gasteiger partial charge in [0.25, 0.3) is 11.8 Å². The van der Waals surface area contributed by atoms with E-state index in [1.54, 1.807) is 42.5 Å². The summed E-state index contributed by atoms with van der Waals surface area (Å²) in [4.78, 5) is 24.9. The van der Waals surface area contributed by atoms with E-state index in [9.17, 15) is 9.59 Å². The Morgan fingerprint density at radius 3 is 2.52 bits per heavy atom. The molecule has 8 heteroatoms. The lowest BCUT2D eigenvalue weighted by atomic mass is 10.1. The Balaban J connectivity index is 2.05. The monoisotopic (exact) mass is 477 g/mol. The first-order valence-electron chi connectivity index (χ1n) is 9.26. The van der Waals surface area contributed by atoms with Crippen molar-refractivity contribution in [3.8, 4) is 5.75 Å². The van der Waals surface area contributed by atoms with Crippen LogP contribution in [0.25, 0.3) is 0 Å². The molecule has 2 amide bonds. The highest BCUT2D eigenvalue weighted by molar-refractivity contribution is 9.10. The molecule has 0 fully saturated rings. The van der Waals surface area contributed by atoms with Crippen molar-refractivity contribution < 1.29 is 14.3 Å². The number of carbonyl (C=O) groups excluding carboxylic acids is 2. The van der Waals surface area contributed by atoms with Crippen molar-refractivity contribution in [1.29, 1.82) is 0 Å². The summed E-state index contributed by atoms with van der Waals surface area (Å²) in [5.74, 6) is 0.0902. The van der Waals surface area contributed by atoms with E-state index in [-0.39, 0.29) is 23.0 Å². The second kappa shape index (κ2) is 10.9. The topological polar surface area (TPSA) is 79.5 Å². The maximum atomic E-state index is 12.5. The van der Waals surface area contributed by atoms with Gasteiger partial charge < -0.3 is 15.4 Å². The van der Waals surface area contributed by atoms with Crippen LogP contribution in [0.3, 0.4) is 0 Å². The lowest BCUT2D eigenvalue weighted by Gasteiger charge is -2.15. The van der Waals surface area contributed by atoms with Gasteiger partial charge in [-0.1, -0.05) is 19.1 Å². The Labute approximate surface area is 184 Å². The van der Waals surface area contributed by atoms with Gasteiger partial charge in [0, 0.05) is 11.6 Å². The number of ether oxygens (including phenoxy) is 1. The van der Waals surface area contributed by atoms with E-state index in [0.717, 1.165) is 6.42 Å². The molecule has 6 nitrogen and oxygen atoms in total. The van der Waals surface area contributed by atoms with E-state index >= 15 is 0 Å². The first kappa shape index (κ1) is 22.8. The summed E-state index contributed by atoms with van der Waals surface area (Å²) in [7, 11) is 0. The third-order valence-electron chi connectivity index (χ3n) is 3.72. The van der Waals surface area contributed by atoms with Gasteiger partial charge in [-0.15, -0.1) is 0 Å². The van der Waals surface area contributed by atoms with Gasteiger partial charge in [0.05, 0.1) is 22.3 Å². The van der Waals surface area contributed by atoms with Crippen LogP contribution >= 0.6 is 28.1 Å². The fourth-order valence-corrected chi connectivity index (χ4v) is 3.13. The maximum Gasteiger partial charge on any atom is 0.257 e. The van der Waals surface area contributed by atoms with Gasteiger partial charge in [-0.05, 0) is 78.7 Å². The molecule has 0 heterocycles. The van der Waals surface area contributed by atoms with E-state index in [0.29, 0.717) is 33.6 Å². The summed E-state index contributed by atoms with van der Waals surface area (Å²) in [6.07, 6.45) is 0.894. The summed E-state index contributed by atoms with van der Waals surface area (Å²) < 4.78 is 6.28. The van der Waals surface area contributed by atoms with Crippen LogP contribution in [0, 0.1) is 0 Å². The van der Waals surface area contributed by atoms with Crippen molar-refractivity contribution in [2.45, 2.75) is 33.2 Å². The zero-order valence-electron chi connectivity index (χ0n) is 16.5. The Morgan fingerprint density at radius 1 is 1.14 bits per heavy atom. The molecule has 0 radical (unpaired) electrons. The van der Waals surface area contributed by atoms with Crippen LogP contribution < -0.4 is 20.7 Å². The SMILES string of the molecule is CCCOc1ccc(C(=O)NC(=S)Nc2ccccc2C(=O)NC(C)C)cc1Br. The highest BCUT2D eigenvalue weighted by Gasteiger charge is 2.15. The summed E-state index contributed by atoms with van der Waals surface area (Å²) in [6, 6.07) is 12.0. The molecule has 0 saturated carbocycles. The van der Waals surface area contributed by atoms with Crippen molar-refractivity contribution >= 4 is 50.8 Å². The van der Waals surface area contributed by atoms with Gasteiger partial charge in [-0.2, -0.15) is 0 Å². The molecule has 0 aliphatic heterocycles. The number of benzene rings is 2. The lowest BCUT2D eigenvalue weighted by Crippen LogP contribution is -2.35. The summed E-state index contributed by atoms with van der Waals surface area (Å²) >= 11 is 8.66. The number of carbonyl (C=O) groups is 2. The Morgan fingerprint density at radius 2 is 1.86 bits per heavy atom. The number of rotatable bonds is 7. The van der Waals surface area contributed by atoms with Crippen LogP contribution in [0.4, 0.5) is 5.69 Å². The third-order valence-corrected chi connectivity index (χ3v) is 4.55. The van der Waals surface area contributed by atoms with Crippen molar-refractivity contribution in [2.75, 3.05) is 11.9 Å². The minimum absolute atomic E-state index is 0.00457. The van der Waals surface area contributed by atoms with Crippen LogP contribution in [0.15, 0.2) is 46.9 Å². The van der Waals surface area contributed by atoms with E-state index in [2.05, 4.69) is 31.9 Å². The van der Waals surface area contributed by atoms with Gasteiger partial charge >= 0.3 is 0 Å². The number of amides is 2. The fourth-order valence-electron chi connectivity index (χ4n) is 2.43. The van der Waals surface area contributed by atoms with Crippen molar-refractivity contribution in [1.82, 2.24) is 10.6 Å². The average Bonchev–Trinajstić information content (AvgIpc) is 2.66. The van der Waals surface area contributed by atoms with E-state index in [4.69, 9.17) is 17.0 Å². The van der Waals surface area contributed by atoms with Crippen LogP contribution in [-0.2, 0) is 0 Å². The molecule has 2 aromatic rings. The number of halogens is 1. The molecule has 2 rings (SSSR count). The first-order valence-corrected chi connectivity index (χ1v) is 10.5. The Hall–Kier alpha value is -2.45. The minimum Gasteiger partial charge on any atom is -0.492 e. The molecule has 29 heavy (non-hydrogen) atoms. The van der Waals surface area contributed by atoms with E-state index in [1.165, 1.54) is 0 Å². The van der Waals surface area contributed by atoms with Crippen LogP contribution in [-0.4, -0.2) is 29.6 Å². The number of para-hydroxylation sites is 1. The molecule has 2 aromatic carbocycles. The molecule has 0 unspecified atom stereocenters. The number of hydrogen-bond donors (Lipinski definition) is 3. The Bertz CT molecular complexity index is 902. The maximum absolute atomic E-state index is 12.5. The Kier molecular flexibility index (Phi) is 8.60.